The van der Waals surface area contributed by atoms with Gasteiger partial charge in [-0.2, -0.15) is 0 Å². The lowest BCUT2D eigenvalue weighted by atomic mass is 9.80. The van der Waals surface area contributed by atoms with Crippen molar-refractivity contribution in [3.8, 4) is 0 Å². The van der Waals surface area contributed by atoms with Crippen molar-refractivity contribution in [1.82, 2.24) is 4.31 Å². The normalized spacial score (nSPS) is 22.3. The summed E-state index contributed by atoms with van der Waals surface area (Å²) in [5, 5.41) is 11.8. The molecule has 1 fully saturated rings. The van der Waals surface area contributed by atoms with Crippen LogP contribution < -0.4 is 5.73 Å². The zero-order valence-electron chi connectivity index (χ0n) is 11.3. The van der Waals surface area contributed by atoms with Gasteiger partial charge in [0.25, 0.3) is 0 Å². The van der Waals surface area contributed by atoms with E-state index in [0.29, 0.717) is 25.9 Å². The van der Waals surface area contributed by atoms with E-state index in [4.69, 9.17) is 10.9 Å². The largest absolute Gasteiger partial charge is 0.409 e. The molecule has 0 amide bonds. The lowest BCUT2D eigenvalue weighted by molar-refractivity contribution is 0.229. The van der Waals surface area contributed by atoms with E-state index in [2.05, 4.69) is 5.16 Å². The van der Waals surface area contributed by atoms with Crippen LogP contribution in [0.4, 0.5) is 0 Å². The highest BCUT2D eigenvalue weighted by Gasteiger charge is 2.37. The quantitative estimate of drug-likeness (QED) is 0.344. The summed E-state index contributed by atoms with van der Waals surface area (Å²) in [4.78, 5) is 0. The van der Waals surface area contributed by atoms with Gasteiger partial charge in [0.05, 0.1) is 5.75 Å². The van der Waals surface area contributed by atoms with Crippen molar-refractivity contribution in [2.75, 3.05) is 18.8 Å². The standard InChI is InChI=1S/C11H23N3O3S/c1-9(2)8-18(16,17)14-6-4-11(3,5-7-14)10(12)13-15/h9,15H,4-8H2,1-3H3,(H2,12,13). The summed E-state index contributed by atoms with van der Waals surface area (Å²) < 4.78 is 25.6. The molecule has 0 aliphatic carbocycles. The fourth-order valence-electron chi connectivity index (χ4n) is 2.16. The molecule has 0 atom stereocenters. The minimum absolute atomic E-state index is 0.118. The van der Waals surface area contributed by atoms with Crippen LogP contribution in [0.3, 0.4) is 0 Å². The first-order valence-corrected chi connectivity index (χ1v) is 7.78. The number of nitrogens with zero attached hydrogens (tertiary/aromatic N) is 2. The minimum Gasteiger partial charge on any atom is -0.409 e. The highest BCUT2D eigenvalue weighted by Crippen LogP contribution is 2.32. The highest BCUT2D eigenvalue weighted by atomic mass is 32.2. The van der Waals surface area contributed by atoms with Crippen LogP contribution in [0.25, 0.3) is 0 Å². The Morgan fingerprint density at radius 2 is 1.94 bits per heavy atom. The van der Waals surface area contributed by atoms with Crippen molar-refractivity contribution in [3.63, 3.8) is 0 Å². The van der Waals surface area contributed by atoms with Crippen LogP contribution in [0, 0.1) is 11.3 Å². The van der Waals surface area contributed by atoms with Gasteiger partial charge in [0.15, 0.2) is 0 Å². The van der Waals surface area contributed by atoms with Crippen LogP contribution in [0.15, 0.2) is 5.16 Å². The number of hydrogen-bond acceptors (Lipinski definition) is 4. The van der Waals surface area contributed by atoms with Crippen molar-refractivity contribution in [1.29, 1.82) is 0 Å². The van der Waals surface area contributed by atoms with Crippen molar-refractivity contribution < 1.29 is 13.6 Å². The summed E-state index contributed by atoms with van der Waals surface area (Å²) in [5.41, 5.74) is 5.25. The predicted octanol–water partition coefficient (Wildman–Crippen LogP) is 0.821. The maximum Gasteiger partial charge on any atom is 0.214 e. The molecule has 18 heavy (non-hydrogen) atoms. The van der Waals surface area contributed by atoms with E-state index in [1.165, 1.54) is 4.31 Å². The summed E-state index contributed by atoms with van der Waals surface area (Å²) in [6.07, 6.45) is 1.17. The van der Waals surface area contributed by atoms with Crippen LogP contribution in [0.5, 0.6) is 0 Å². The van der Waals surface area contributed by atoms with E-state index in [9.17, 15) is 8.42 Å². The molecule has 0 aromatic heterocycles. The Hall–Kier alpha value is -0.820. The lowest BCUT2D eigenvalue weighted by Gasteiger charge is -2.37. The average molecular weight is 277 g/mol. The van der Waals surface area contributed by atoms with Gasteiger partial charge in [-0.15, -0.1) is 0 Å². The van der Waals surface area contributed by atoms with Crippen molar-refractivity contribution in [3.05, 3.63) is 0 Å². The molecule has 0 spiro atoms. The molecule has 106 valence electrons. The molecule has 0 aromatic rings. The Morgan fingerprint density at radius 1 is 1.44 bits per heavy atom. The van der Waals surface area contributed by atoms with Crippen LogP contribution in [-0.2, 0) is 10.0 Å². The van der Waals surface area contributed by atoms with E-state index in [1.54, 1.807) is 0 Å². The smallest absolute Gasteiger partial charge is 0.214 e. The molecule has 1 saturated heterocycles. The molecule has 1 aliphatic heterocycles. The summed E-state index contributed by atoms with van der Waals surface area (Å²) in [6.45, 7) is 6.54. The van der Waals surface area contributed by atoms with Gasteiger partial charge in [-0.05, 0) is 18.8 Å². The van der Waals surface area contributed by atoms with Gasteiger partial charge in [0.2, 0.25) is 10.0 Å². The Labute approximate surface area is 109 Å². The Bertz CT molecular complexity index is 409. The second kappa shape index (κ2) is 5.44. The SMILES string of the molecule is CC(C)CS(=O)(=O)N1CCC(C)(C(N)=NO)CC1. The minimum atomic E-state index is -3.18. The highest BCUT2D eigenvalue weighted by molar-refractivity contribution is 7.89. The van der Waals surface area contributed by atoms with Crippen molar-refractivity contribution in [2.45, 2.75) is 33.6 Å². The fraction of sp³-hybridized carbons (Fsp3) is 0.909. The van der Waals surface area contributed by atoms with E-state index >= 15 is 0 Å². The fourth-order valence-corrected chi connectivity index (χ4v) is 3.95. The molecular weight excluding hydrogens is 254 g/mol. The second-order valence-electron chi connectivity index (χ2n) is 5.62. The van der Waals surface area contributed by atoms with Crippen LogP contribution in [0.2, 0.25) is 0 Å². The van der Waals surface area contributed by atoms with Crippen molar-refractivity contribution >= 4 is 15.9 Å². The van der Waals surface area contributed by atoms with Crippen LogP contribution in [0.1, 0.15) is 33.6 Å². The average Bonchev–Trinajstić information content (AvgIpc) is 2.26. The Kier molecular flexibility index (Phi) is 4.61. The lowest BCUT2D eigenvalue weighted by Crippen LogP contribution is -2.48. The van der Waals surface area contributed by atoms with E-state index < -0.39 is 15.4 Å². The Balaban J connectivity index is 2.70. The first kappa shape index (κ1) is 15.2. The number of oxime groups is 1. The first-order valence-electron chi connectivity index (χ1n) is 6.17. The van der Waals surface area contributed by atoms with Gasteiger partial charge in [-0.3, -0.25) is 0 Å². The van der Waals surface area contributed by atoms with Crippen molar-refractivity contribution in [2.24, 2.45) is 22.2 Å². The topological polar surface area (TPSA) is 96.0 Å². The third kappa shape index (κ3) is 3.35. The summed E-state index contributed by atoms with van der Waals surface area (Å²) in [6, 6.07) is 0. The third-order valence-electron chi connectivity index (χ3n) is 3.49. The molecule has 0 unspecified atom stereocenters. The summed E-state index contributed by atoms with van der Waals surface area (Å²) in [7, 11) is -3.18. The molecule has 0 aromatic carbocycles. The molecule has 0 radical (unpaired) electrons. The Morgan fingerprint density at radius 3 is 2.33 bits per heavy atom. The maximum absolute atomic E-state index is 12.1. The zero-order chi connectivity index (χ0) is 14.0. The predicted molar refractivity (Wildman–Crippen MR) is 70.9 cm³/mol. The molecule has 7 heteroatoms. The van der Waals surface area contributed by atoms with E-state index in [1.807, 2.05) is 20.8 Å². The molecular formula is C11H23N3O3S. The van der Waals surface area contributed by atoms with E-state index in [-0.39, 0.29) is 17.5 Å². The number of sulfonamides is 1. The summed E-state index contributed by atoms with van der Waals surface area (Å²) in [5.74, 6) is 0.476. The first-order chi connectivity index (χ1) is 8.21. The van der Waals surface area contributed by atoms with Gasteiger partial charge >= 0.3 is 0 Å². The van der Waals surface area contributed by atoms with Crippen LogP contribution >= 0.6 is 0 Å². The molecule has 0 saturated carbocycles. The van der Waals surface area contributed by atoms with Gasteiger partial charge in [0.1, 0.15) is 5.84 Å². The van der Waals surface area contributed by atoms with Gasteiger partial charge < -0.3 is 10.9 Å². The number of nitrogens with two attached hydrogens (primary N) is 1. The molecule has 1 rings (SSSR count). The molecule has 1 aliphatic rings. The number of piperidine rings is 1. The van der Waals surface area contributed by atoms with Crippen LogP contribution in [-0.4, -0.2) is 42.6 Å². The number of hydrogen-bond donors (Lipinski definition) is 2. The number of rotatable bonds is 4. The molecule has 3 N–H and O–H groups in total. The molecule has 6 nitrogen and oxygen atoms in total. The van der Waals surface area contributed by atoms with Gasteiger partial charge in [0, 0.05) is 18.5 Å². The second-order valence-corrected chi connectivity index (χ2v) is 7.63. The summed E-state index contributed by atoms with van der Waals surface area (Å²) >= 11 is 0. The molecule has 0 bridgehead atoms. The monoisotopic (exact) mass is 277 g/mol. The zero-order valence-corrected chi connectivity index (χ0v) is 12.1. The maximum atomic E-state index is 12.1. The van der Waals surface area contributed by atoms with E-state index in [0.717, 1.165) is 0 Å². The van der Waals surface area contributed by atoms with Gasteiger partial charge in [-0.1, -0.05) is 25.9 Å². The number of amidine groups is 1. The third-order valence-corrected chi connectivity index (χ3v) is 5.73. The molecule has 1 heterocycles. The van der Waals surface area contributed by atoms with Gasteiger partial charge in [-0.25, -0.2) is 12.7 Å².